The number of hydrogen-bond acceptors (Lipinski definition) is 10. The van der Waals surface area contributed by atoms with Gasteiger partial charge in [-0.1, -0.05) is 0 Å². The van der Waals surface area contributed by atoms with E-state index in [1.54, 1.807) is 0 Å². The van der Waals surface area contributed by atoms with Crippen molar-refractivity contribution in [1.82, 2.24) is 0 Å². The molecule has 0 aromatic rings. The van der Waals surface area contributed by atoms with Gasteiger partial charge in [0.05, 0.1) is 6.61 Å². The van der Waals surface area contributed by atoms with Crippen molar-refractivity contribution in [3.63, 3.8) is 0 Å². The Balaban J connectivity index is 0.000000197. The molecule has 0 amide bonds. The van der Waals surface area contributed by atoms with E-state index in [1.165, 1.54) is 13.8 Å². The SMILES string of the molecule is CC1OC(=O)C(C)OC1=O.O=C1CCCCCO1.O=C1COC(=O)CO1. The van der Waals surface area contributed by atoms with E-state index in [-0.39, 0.29) is 19.2 Å². The van der Waals surface area contributed by atoms with Crippen LogP contribution in [0.2, 0.25) is 0 Å². The van der Waals surface area contributed by atoms with Crippen LogP contribution in [0.4, 0.5) is 0 Å². The first-order chi connectivity index (χ1) is 12.3. The molecule has 10 heteroatoms. The number of carbonyl (C=O) groups is 5. The Labute approximate surface area is 150 Å². The van der Waals surface area contributed by atoms with Gasteiger partial charge >= 0.3 is 29.8 Å². The fourth-order valence-corrected chi connectivity index (χ4v) is 1.80. The summed E-state index contributed by atoms with van der Waals surface area (Å²) in [7, 11) is 0. The number of esters is 5. The van der Waals surface area contributed by atoms with E-state index in [1.807, 2.05) is 0 Å². The van der Waals surface area contributed by atoms with Crippen LogP contribution in [-0.4, -0.2) is 61.9 Å². The van der Waals surface area contributed by atoms with Gasteiger partial charge in [0.1, 0.15) is 0 Å². The first-order valence-electron chi connectivity index (χ1n) is 8.17. The Morgan fingerprint density at radius 3 is 1.62 bits per heavy atom. The van der Waals surface area contributed by atoms with Crippen molar-refractivity contribution in [2.24, 2.45) is 0 Å². The molecule has 2 atom stereocenters. The average Bonchev–Trinajstić information content (AvgIpc) is 2.85. The van der Waals surface area contributed by atoms with Gasteiger partial charge in [0.25, 0.3) is 0 Å². The highest BCUT2D eigenvalue weighted by Crippen LogP contribution is 2.08. The molecule has 3 fully saturated rings. The molecule has 146 valence electrons. The second-order valence-corrected chi connectivity index (χ2v) is 5.51. The smallest absolute Gasteiger partial charge is 0.347 e. The maximum atomic E-state index is 10.7. The van der Waals surface area contributed by atoms with Crippen molar-refractivity contribution in [2.45, 2.75) is 51.7 Å². The van der Waals surface area contributed by atoms with Crippen LogP contribution in [0.15, 0.2) is 0 Å². The lowest BCUT2D eigenvalue weighted by Crippen LogP contribution is -2.40. The topological polar surface area (TPSA) is 132 Å². The molecule has 0 aliphatic carbocycles. The Bertz CT molecular complexity index is 483. The third-order valence-electron chi connectivity index (χ3n) is 3.24. The summed E-state index contributed by atoms with van der Waals surface area (Å²) in [6.07, 6.45) is 2.34. The minimum Gasteiger partial charge on any atom is -0.466 e. The molecule has 3 aliphatic rings. The highest BCUT2D eigenvalue weighted by atomic mass is 16.6. The zero-order valence-electron chi connectivity index (χ0n) is 14.7. The minimum atomic E-state index is -0.747. The predicted octanol–water partition coefficient (Wildman–Crippen LogP) is 0.0534. The normalized spacial score (nSPS) is 25.4. The summed E-state index contributed by atoms with van der Waals surface area (Å²) in [5.74, 6) is -1.95. The summed E-state index contributed by atoms with van der Waals surface area (Å²) >= 11 is 0. The van der Waals surface area contributed by atoms with Crippen molar-refractivity contribution in [2.75, 3.05) is 19.8 Å². The Hall–Kier alpha value is -2.65. The van der Waals surface area contributed by atoms with Gasteiger partial charge in [0.15, 0.2) is 25.4 Å². The van der Waals surface area contributed by atoms with Gasteiger partial charge < -0.3 is 23.7 Å². The molecule has 0 radical (unpaired) electrons. The monoisotopic (exact) mass is 374 g/mol. The lowest BCUT2D eigenvalue weighted by molar-refractivity contribution is -0.191. The van der Waals surface area contributed by atoms with E-state index < -0.39 is 36.1 Å². The maximum Gasteiger partial charge on any atom is 0.347 e. The van der Waals surface area contributed by atoms with Crippen LogP contribution in [0.5, 0.6) is 0 Å². The molecular weight excluding hydrogens is 352 g/mol. The first-order valence-corrected chi connectivity index (χ1v) is 8.17. The molecule has 3 aliphatic heterocycles. The van der Waals surface area contributed by atoms with Crippen LogP contribution in [0.3, 0.4) is 0 Å². The van der Waals surface area contributed by atoms with Crippen LogP contribution in [0.1, 0.15) is 39.5 Å². The van der Waals surface area contributed by atoms with Crippen LogP contribution in [0, 0.1) is 0 Å². The maximum absolute atomic E-state index is 10.7. The molecule has 3 saturated heterocycles. The van der Waals surface area contributed by atoms with E-state index in [2.05, 4.69) is 18.9 Å². The Morgan fingerprint density at radius 1 is 0.654 bits per heavy atom. The molecule has 2 unspecified atom stereocenters. The lowest BCUT2D eigenvalue weighted by atomic mass is 10.2. The van der Waals surface area contributed by atoms with Gasteiger partial charge in [-0.15, -0.1) is 0 Å². The van der Waals surface area contributed by atoms with E-state index in [9.17, 15) is 24.0 Å². The van der Waals surface area contributed by atoms with Crippen molar-refractivity contribution in [1.29, 1.82) is 0 Å². The summed E-state index contributed by atoms with van der Waals surface area (Å²) in [5, 5.41) is 0. The number of hydrogen-bond donors (Lipinski definition) is 0. The number of ether oxygens (including phenoxy) is 5. The quantitative estimate of drug-likeness (QED) is 0.423. The summed E-state index contributed by atoms with van der Waals surface area (Å²) < 4.78 is 22.5. The van der Waals surface area contributed by atoms with E-state index >= 15 is 0 Å². The molecule has 0 aromatic heterocycles. The Morgan fingerprint density at radius 2 is 1.15 bits per heavy atom. The standard InChI is InChI=1S/C6H8O4.C6H10O2.C4H4O4/c1-3-5(7)10-4(2)6(8)9-3;7-6-4-2-1-3-5-8-6;5-3-1-7-4(6)2-8-3/h3-4H,1-2H3;1-5H2;1-2H2. The second-order valence-electron chi connectivity index (χ2n) is 5.51. The van der Waals surface area contributed by atoms with Crippen LogP contribution >= 0.6 is 0 Å². The van der Waals surface area contributed by atoms with E-state index in [0.29, 0.717) is 13.0 Å². The first kappa shape index (κ1) is 21.4. The lowest BCUT2D eigenvalue weighted by Gasteiger charge is -2.22. The molecular formula is C16H22O10. The fraction of sp³-hybridized carbons (Fsp3) is 0.688. The fourth-order valence-electron chi connectivity index (χ4n) is 1.80. The summed E-state index contributed by atoms with van der Waals surface area (Å²) in [4.78, 5) is 52.0. The molecule has 3 heterocycles. The van der Waals surface area contributed by atoms with Crippen molar-refractivity contribution in [3.8, 4) is 0 Å². The second kappa shape index (κ2) is 11.1. The molecule has 0 N–H and O–H groups in total. The highest BCUT2D eigenvalue weighted by molar-refractivity contribution is 5.86. The molecule has 26 heavy (non-hydrogen) atoms. The van der Waals surface area contributed by atoms with Crippen molar-refractivity contribution >= 4 is 29.8 Å². The molecule has 0 bridgehead atoms. The zero-order chi connectivity index (χ0) is 19.5. The third-order valence-corrected chi connectivity index (χ3v) is 3.24. The minimum absolute atomic E-state index is 0.0255. The van der Waals surface area contributed by atoms with Gasteiger partial charge in [-0.05, 0) is 33.1 Å². The third kappa shape index (κ3) is 8.45. The molecule has 0 saturated carbocycles. The summed E-state index contributed by atoms with van der Waals surface area (Å²) in [6.45, 7) is 3.12. The number of cyclic esters (lactones) is 5. The van der Waals surface area contributed by atoms with Gasteiger partial charge in [0, 0.05) is 6.42 Å². The average molecular weight is 374 g/mol. The van der Waals surface area contributed by atoms with Gasteiger partial charge in [-0.25, -0.2) is 19.2 Å². The number of rotatable bonds is 0. The van der Waals surface area contributed by atoms with E-state index in [4.69, 9.17) is 4.74 Å². The van der Waals surface area contributed by atoms with Crippen molar-refractivity contribution in [3.05, 3.63) is 0 Å². The van der Waals surface area contributed by atoms with Crippen molar-refractivity contribution < 1.29 is 47.7 Å². The van der Waals surface area contributed by atoms with Gasteiger partial charge in [-0.2, -0.15) is 0 Å². The largest absolute Gasteiger partial charge is 0.466 e. The predicted molar refractivity (Wildman–Crippen MR) is 82.5 cm³/mol. The molecule has 0 aromatic carbocycles. The van der Waals surface area contributed by atoms with Gasteiger partial charge in [-0.3, -0.25) is 4.79 Å². The van der Waals surface area contributed by atoms with Gasteiger partial charge in [0.2, 0.25) is 0 Å². The molecule has 10 nitrogen and oxygen atoms in total. The highest BCUT2D eigenvalue weighted by Gasteiger charge is 2.32. The van der Waals surface area contributed by atoms with Crippen LogP contribution in [0.25, 0.3) is 0 Å². The summed E-state index contributed by atoms with van der Waals surface area (Å²) in [5.41, 5.74) is 0. The Kier molecular flexibility index (Phi) is 9.10. The molecule has 0 spiro atoms. The van der Waals surface area contributed by atoms with E-state index in [0.717, 1.165) is 19.3 Å². The zero-order valence-corrected chi connectivity index (χ0v) is 14.7. The van der Waals surface area contributed by atoms with Crippen LogP contribution in [-0.2, 0) is 47.7 Å². The molecule has 3 rings (SSSR count). The van der Waals surface area contributed by atoms with Crippen LogP contribution < -0.4 is 0 Å². The summed E-state index contributed by atoms with van der Waals surface area (Å²) in [6, 6.07) is 0. The number of carbonyl (C=O) groups excluding carboxylic acids is 5.